The number of aliphatic imine (C=N–C) groups is 1. The predicted molar refractivity (Wildman–Crippen MR) is 73.2 cm³/mol. The summed E-state index contributed by atoms with van der Waals surface area (Å²) in [7, 11) is 0. The van der Waals surface area contributed by atoms with Crippen LogP contribution in [0.2, 0.25) is 5.02 Å². The zero-order valence-electron chi connectivity index (χ0n) is 10.8. The summed E-state index contributed by atoms with van der Waals surface area (Å²) < 4.78 is 13.3. The molecule has 0 aromatic heterocycles. The molecule has 7 heteroatoms. The SMILES string of the molecule is CC(=O)NNC1=Nc2c(Cl)cc(F)cc2NC1(C)C. The number of benzene rings is 1. The highest BCUT2D eigenvalue weighted by molar-refractivity contribution is 6.34. The molecule has 3 N–H and O–H groups in total. The Morgan fingerprint density at radius 3 is 2.79 bits per heavy atom. The van der Waals surface area contributed by atoms with E-state index in [2.05, 4.69) is 21.2 Å². The molecule has 0 fully saturated rings. The van der Waals surface area contributed by atoms with Crippen molar-refractivity contribution >= 4 is 34.7 Å². The summed E-state index contributed by atoms with van der Waals surface area (Å²) in [6.45, 7) is 5.08. The number of amides is 1. The molecule has 1 amide bonds. The van der Waals surface area contributed by atoms with Crippen molar-refractivity contribution in [1.29, 1.82) is 0 Å². The second kappa shape index (κ2) is 4.70. The number of hydrazine groups is 1. The van der Waals surface area contributed by atoms with Crippen molar-refractivity contribution in [1.82, 2.24) is 10.9 Å². The predicted octanol–water partition coefficient (Wildman–Crippen LogP) is 2.35. The Hall–Kier alpha value is -1.82. The third-order valence-electron chi connectivity index (χ3n) is 2.65. The van der Waals surface area contributed by atoms with Gasteiger partial charge in [0.05, 0.1) is 16.2 Å². The number of carbonyl (C=O) groups excluding carboxylic acids is 1. The van der Waals surface area contributed by atoms with Gasteiger partial charge >= 0.3 is 0 Å². The number of nitrogens with zero attached hydrogens (tertiary/aromatic N) is 1. The van der Waals surface area contributed by atoms with Crippen LogP contribution < -0.4 is 16.2 Å². The first kappa shape index (κ1) is 13.6. The third kappa shape index (κ3) is 2.78. The molecule has 0 saturated carbocycles. The van der Waals surface area contributed by atoms with Crippen molar-refractivity contribution in [3.05, 3.63) is 23.0 Å². The van der Waals surface area contributed by atoms with Gasteiger partial charge in [0.1, 0.15) is 17.3 Å². The highest BCUT2D eigenvalue weighted by Gasteiger charge is 2.31. The first-order valence-electron chi connectivity index (χ1n) is 5.68. The number of hydrogen-bond acceptors (Lipinski definition) is 4. The lowest BCUT2D eigenvalue weighted by molar-refractivity contribution is -0.119. The van der Waals surface area contributed by atoms with Crippen LogP contribution in [0.5, 0.6) is 0 Å². The molecule has 19 heavy (non-hydrogen) atoms. The first-order valence-corrected chi connectivity index (χ1v) is 6.06. The average Bonchev–Trinajstić information content (AvgIpc) is 2.24. The van der Waals surface area contributed by atoms with Crippen molar-refractivity contribution in [2.45, 2.75) is 26.3 Å². The van der Waals surface area contributed by atoms with Gasteiger partial charge in [-0.3, -0.25) is 15.6 Å². The molecule has 0 saturated heterocycles. The van der Waals surface area contributed by atoms with E-state index < -0.39 is 11.4 Å². The fourth-order valence-corrected chi connectivity index (χ4v) is 2.00. The second-order valence-corrected chi connectivity index (χ2v) is 5.21. The average molecular weight is 285 g/mol. The summed E-state index contributed by atoms with van der Waals surface area (Å²) in [5, 5.41) is 3.33. The van der Waals surface area contributed by atoms with Crippen LogP contribution >= 0.6 is 11.6 Å². The van der Waals surface area contributed by atoms with Gasteiger partial charge in [-0.05, 0) is 26.0 Å². The van der Waals surface area contributed by atoms with Crippen molar-refractivity contribution < 1.29 is 9.18 Å². The van der Waals surface area contributed by atoms with Gasteiger partial charge in [-0.2, -0.15) is 0 Å². The van der Waals surface area contributed by atoms with Gasteiger partial charge in [0, 0.05) is 6.92 Å². The molecule has 1 aliphatic rings. The maximum atomic E-state index is 13.3. The number of fused-ring (bicyclic) bond motifs is 1. The van der Waals surface area contributed by atoms with Crippen LogP contribution in [-0.2, 0) is 4.79 Å². The molecule has 1 aromatic carbocycles. The third-order valence-corrected chi connectivity index (χ3v) is 2.94. The number of nitrogens with one attached hydrogen (secondary N) is 3. The van der Waals surface area contributed by atoms with Gasteiger partial charge < -0.3 is 5.32 Å². The van der Waals surface area contributed by atoms with E-state index in [1.54, 1.807) is 0 Å². The van der Waals surface area contributed by atoms with Gasteiger partial charge in [0.25, 0.3) is 0 Å². The molecule has 1 aliphatic heterocycles. The van der Waals surface area contributed by atoms with E-state index in [1.165, 1.54) is 19.1 Å². The summed E-state index contributed by atoms with van der Waals surface area (Å²) in [4.78, 5) is 15.3. The molecular formula is C12H14ClFN4O. The Labute approximate surface area is 115 Å². The molecule has 1 aromatic rings. The van der Waals surface area contributed by atoms with Gasteiger partial charge in [-0.1, -0.05) is 11.6 Å². The largest absolute Gasteiger partial charge is 0.371 e. The molecule has 2 rings (SSSR count). The van der Waals surface area contributed by atoms with Crippen LogP contribution in [0.25, 0.3) is 0 Å². The minimum atomic E-state index is -0.591. The molecule has 102 valence electrons. The molecule has 1 heterocycles. The molecule has 0 aliphatic carbocycles. The molecule has 0 spiro atoms. The van der Waals surface area contributed by atoms with Crippen LogP contribution in [0, 0.1) is 5.82 Å². The van der Waals surface area contributed by atoms with Crippen LogP contribution in [0.4, 0.5) is 15.8 Å². The number of amidine groups is 1. The summed E-state index contributed by atoms with van der Waals surface area (Å²) in [5.41, 5.74) is 5.55. The minimum absolute atomic E-state index is 0.208. The summed E-state index contributed by atoms with van der Waals surface area (Å²) in [6, 6.07) is 2.53. The normalized spacial score (nSPS) is 15.9. The highest BCUT2D eigenvalue weighted by Crippen LogP contribution is 2.39. The summed E-state index contributed by atoms with van der Waals surface area (Å²) >= 11 is 5.97. The number of rotatable bonds is 0. The number of halogens is 2. The quantitative estimate of drug-likeness (QED) is 0.641. The number of carbonyl (C=O) groups is 1. The van der Waals surface area contributed by atoms with E-state index >= 15 is 0 Å². The van der Waals surface area contributed by atoms with E-state index in [4.69, 9.17) is 11.6 Å². The molecule has 0 atom stereocenters. The van der Waals surface area contributed by atoms with Crippen molar-refractivity contribution in [3.63, 3.8) is 0 Å². The fourth-order valence-electron chi connectivity index (χ4n) is 1.75. The zero-order valence-corrected chi connectivity index (χ0v) is 11.5. The Kier molecular flexibility index (Phi) is 3.36. The fraction of sp³-hybridized carbons (Fsp3) is 0.333. The maximum Gasteiger partial charge on any atom is 0.235 e. The van der Waals surface area contributed by atoms with Crippen molar-refractivity contribution in [2.24, 2.45) is 4.99 Å². The minimum Gasteiger partial charge on any atom is -0.371 e. The lowest BCUT2D eigenvalue weighted by atomic mass is 10.0. The van der Waals surface area contributed by atoms with E-state index in [0.29, 0.717) is 17.2 Å². The Morgan fingerprint density at radius 1 is 1.47 bits per heavy atom. The van der Waals surface area contributed by atoms with Crippen molar-refractivity contribution in [3.8, 4) is 0 Å². The van der Waals surface area contributed by atoms with E-state index in [-0.39, 0.29) is 10.9 Å². The van der Waals surface area contributed by atoms with E-state index in [0.717, 1.165) is 0 Å². The molecular weight excluding hydrogens is 271 g/mol. The smallest absolute Gasteiger partial charge is 0.235 e. The van der Waals surface area contributed by atoms with Crippen molar-refractivity contribution in [2.75, 3.05) is 5.32 Å². The summed E-state index contributed by atoms with van der Waals surface area (Å²) in [5.74, 6) is -0.182. The van der Waals surface area contributed by atoms with Crippen LogP contribution in [0.1, 0.15) is 20.8 Å². The standard InChI is InChI=1S/C12H14ClFN4O/c1-6(19)17-18-11-12(2,3)16-9-5-7(14)4-8(13)10(9)15-11/h4-5,16H,1-3H3,(H,15,18)(H,17,19). The van der Waals surface area contributed by atoms with Crippen LogP contribution in [0.15, 0.2) is 17.1 Å². The highest BCUT2D eigenvalue weighted by atomic mass is 35.5. The molecule has 5 nitrogen and oxygen atoms in total. The lowest BCUT2D eigenvalue weighted by Crippen LogP contribution is -2.54. The topological polar surface area (TPSA) is 65.5 Å². The van der Waals surface area contributed by atoms with Gasteiger partial charge in [0.15, 0.2) is 0 Å². The van der Waals surface area contributed by atoms with Gasteiger partial charge in [-0.15, -0.1) is 0 Å². The van der Waals surface area contributed by atoms with E-state index in [1.807, 2.05) is 13.8 Å². The van der Waals surface area contributed by atoms with E-state index in [9.17, 15) is 9.18 Å². The van der Waals surface area contributed by atoms with Gasteiger partial charge in [0.2, 0.25) is 5.91 Å². The molecule has 0 radical (unpaired) electrons. The Balaban J connectivity index is 2.42. The van der Waals surface area contributed by atoms with Crippen LogP contribution in [0.3, 0.4) is 0 Å². The zero-order chi connectivity index (χ0) is 14.2. The van der Waals surface area contributed by atoms with Gasteiger partial charge in [-0.25, -0.2) is 9.38 Å². The molecule has 0 bridgehead atoms. The Morgan fingerprint density at radius 2 is 2.16 bits per heavy atom. The maximum absolute atomic E-state index is 13.3. The molecule has 0 unspecified atom stereocenters. The number of anilines is 1. The lowest BCUT2D eigenvalue weighted by Gasteiger charge is -2.34. The Bertz CT molecular complexity index is 571. The first-order chi connectivity index (χ1) is 8.79. The monoisotopic (exact) mass is 284 g/mol. The summed E-state index contributed by atoms with van der Waals surface area (Å²) in [6.07, 6.45) is 0. The van der Waals surface area contributed by atoms with Crippen LogP contribution in [-0.4, -0.2) is 17.3 Å². The second-order valence-electron chi connectivity index (χ2n) is 4.80. The number of hydrogen-bond donors (Lipinski definition) is 3.